The number of thiol groups is 1. The fraction of sp³-hybridized carbons (Fsp3) is 0.412. The molecule has 1 saturated heterocycles. The van der Waals surface area contributed by atoms with Gasteiger partial charge in [0, 0.05) is 24.4 Å². The van der Waals surface area contributed by atoms with E-state index in [1.165, 1.54) is 19.5 Å². The molecule has 146 valence electrons. The summed E-state index contributed by atoms with van der Waals surface area (Å²) in [6.07, 6.45) is 4.82. The first kappa shape index (κ1) is 21.0. The number of aromatic amines is 1. The average molecular weight is 395 g/mol. The average Bonchev–Trinajstić information content (AvgIpc) is 3.17. The van der Waals surface area contributed by atoms with Gasteiger partial charge >= 0.3 is 0 Å². The van der Waals surface area contributed by atoms with Crippen molar-refractivity contribution in [3.8, 4) is 11.4 Å². The molecule has 2 aromatic heterocycles. The van der Waals surface area contributed by atoms with Gasteiger partial charge in [-0.05, 0) is 32.0 Å². The number of aromatic nitrogens is 4. The van der Waals surface area contributed by atoms with E-state index in [1.807, 2.05) is 6.07 Å². The highest BCUT2D eigenvalue weighted by molar-refractivity contribution is 7.81. The molecule has 27 heavy (non-hydrogen) atoms. The number of H-pyrrole nitrogens is 1. The zero-order valence-corrected chi connectivity index (χ0v) is 15.8. The largest absolute Gasteiger partial charge is 0.355 e. The van der Waals surface area contributed by atoms with Crippen molar-refractivity contribution < 1.29 is 8.78 Å². The standard InChI is InChI=1S/C16H18F2N6S.CH5N/c17-16(18)11(19)3-4-14-20-7-13(23-14)12-6-15(22-9-21-12)24-5-1-2-10(25)8-24;1-2/h3-4,6-7,9-10,16,19,25H,1-2,5,8H2,(H,20,23);2H2,1H3/b4-3-,19-11?;. The Morgan fingerprint density at radius 2 is 2.19 bits per heavy atom. The monoisotopic (exact) mass is 395 g/mol. The van der Waals surface area contributed by atoms with Crippen LogP contribution in [-0.4, -0.2) is 57.5 Å². The minimum Gasteiger partial charge on any atom is -0.355 e. The van der Waals surface area contributed by atoms with Crippen molar-refractivity contribution in [3.05, 3.63) is 30.5 Å². The minimum atomic E-state index is -2.80. The van der Waals surface area contributed by atoms with Crippen LogP contribution >= 0.6 is 12.6 Å². The van der Waals surface area contributed by atoms with Crippen molar-refractivity contribution in [1.29, 1.82) is 5.41 Å². The smallest absolute Gasteiger partial charge is 0.279 e. The number of halogens is 2. The van der Waals surface area contributed by atoms with Crippen LogP contribution in [0.3, 0.4) is 0 Å². The Hall–Kier alpha value is -2.33. The Morgan fingerprint density at radius 1 is 1.41 bits per heavy atom. The molecule has 3 rings (SSSR count). The Bertz CT molecular complexity index is 778. The van der Waals surface area contributed by atoms with Gasteiger partial charge in [0.2, 0.25) is 0 Å². The minimum absolute atomic E-state index is 0.334. The lowest BCUT2D eigenvalue weighted by molar-refractivity contribution is 0.226. The molecule has 0 amide bonds. The zero-order valence-electron chi connectivity index (χ0n) is 14.9. The van der Waals surface area contributed by atoms with Gasteiger partial charge in [0.1, 0.15) is 18.0 Å². The van der Waals surface area contributed by atoms with Crippen LogP contribution in [0, 0.1) is 5.41 Å². The summed E-state index contributed by atoms with van der Waals surface area (Å²) in [7, 11) is 1.50. The summed E-state index contributed by atoms with van der Waals surface area (Å²) in [5.41, 5.74) is 5.07. The summed E-state index contributed by atoms with van der Waals surface area (Å²) < 4.78 is 24.6. The molecule has 10 heteroatoms. The molecular formula is C17H23F2N7S. The van der Waals surface area contributed by atoms with Gasteiger partial charge in [0.15, 0.2) is 0 Å². The summed E-state index contributed by atoms with van der Waals surface area (Å²) in [5.74, 6) is 1.21. The molecule has 0 bridgehead atoms. The highest BCUT2D eigenvalue weighted by atomic mass is 32.1. The van der Waals surface area contributed by atoms with Crippen molar-refractivity contribution in [3.63, 3.8) is 0 Å². The summed E-state index contributed by atoms with van der Waals surface area (Å²) in [6.45, 7) is 1.77. The van der Waals surface area contributed by atoms with Crippen LogP contribution in [0.25, 0.3) is 17.5 Å². The van der Waals surface area contributed by atoms with Gasteiger partial charge in [0.25, 0.3) is 6.43 Å². The number of nitrogens with one attached hydrogen (secondary N) is 2. The molecule has 0 saturated carbocycles. The van der Waals surface area contributed by atoms with Crippen LogP contribution in [0.4, 0.5) is 14.6 Å². The summed E-state index contributed by atoms with van der Waals surface area (Å²) in [4.78, 5) is 17.9. The Kier molecular flexibility index (Phi) is 7.86. The number of nitrogens with zero attached hydrogens (tertiary/aromatic N) is 4. The first-order valence-electron chi connectivity index (χ1n) is 8.46. The van der Waals surface area contributed by atoms with Crippen LogP contribution in [0.2, 0.25) is 0 Å². The summed E-state index contributed by atoms with van der Waals surface area (Å²) in [5, 5.41) is 7.45. The number of allylic oxidation sites excluding steroid dienone is 1. The topological polar surface area (TPSA) is 108 Å². The Balaban J connectivity index is 0.00000126. The number of hydrogen-bond acceptors (Lipinski definition) is 7. The second kappa shape index (κ2) is 10.1. The van der Waals surface area contributed by atoms with E-state index in [2.05, 4.69) is 43.2 Å². The third kappa shape index (κ3) is 5.83. The highest BCUT2D eigenvalue weighted by Gasteiger charge is 2.19. The SMILES string of the molecule is CN.N=C(/C=C\c1ncc(-c2cc(N3CCCC(S)C3)ncn2)[nH]1)C(F)F. The molecule has 1 aliphatic heterocycles. The molecule has 1 unspecified atom stereocenters. The maximum Gasteiger partial charge on any atom is 0.279 e. The molecule has 1 atom stereocenters. The molecular weight excluding hydrogens is 372 g/mol. The first-order valence-corrected chi connectivity index (χ1v) is 8.97. The van der Waals surface area contributed by atoms with Gasteiger partial charge in [0.05, 0.1) is 23.3 Å². The lowest BCUT2D eigenvalue weighted by Gasteiger charge is -2.31. The van der Waals surface area contributed by atoms with Crippen LogP contribution in [0.5, 0.6) is 0 Å². The predicted molar refractivity (Wildman–Crippen MR) is 107 cm³/mol. The van der Waals surface area contributed by atoms with E-state index < -0.39 is 12.1 Å². The third-order valence-electron chi connectivity index (χ3n) is 3.90. The molecule has 0 aromatic carbocycles. The fourth-order valence-electron chi connectivity index (χ4n) is 2.62. The molecule has 1 fully saturated rings. The lowest BCUT2D eigenvalue weighted by Crippen LogP contribution is -2.36. The molecule has 3 heterocycles. The number of piperidine rings is 1. The summed E-state index contributed by atoms with van der Waals surface area (Å²) in [6, 6.07) is 1.87. The molecule has 0 radical (unpaired) electrons. The molecule has 1 aliphatic rings. The van der Waals surface area contributed by atoms with Gasteiger partial charge in [-0.1, -0.05) is 0 Å². The van der Waals surface area contributed by atoms with Crippen molar-refractivity contribution in [2.24, 2.45) is 5.73 Å². The molecule has 0 spiro atoms. The third-order valence-corrected chi connectivity index (χ3v) is 4.32. The summed E-state index contributed by atoms with van der Waals surface area (Å²) >= 11 is 4.54. The molecule has 2 aromatic rings. The normalized spacial score (nSPS) is 17.1. The number of nitrogens with two attached hydrogens (primary N) is 1. The Morgan fingerprint density at radius 3 is 2.89 bits per heavy atom. The van der Waals surface area contributed by atoms with E-state index in [0.717, 1.165) is 37.8 Å². The van der Waals surface area contributed by atoms with Crippen LogP contribution < -0.4 is 10.6 Å². The lowest BCUT2D eigenvalue weighted by atomic mass is 10.1. The first-order chi connectivity index (χ1) is 13.0. The van der Waals surface area contributed by atoms with Crippen molar-refractivity contribution in [2.45, 2.75) is 24.5 Å². The maximum absolute atomic E-state index is 12.3. The van der Waals surface area contributed by atoms with E-state index in [4.69, 9.17) is 5.41 Å². The molecule has 7 nitrogen and oxygen atoms in total. The fourth-order valence-corrected chi connectivity index (χ4v) is 3.00. The van der Waals surface area contributed by atoms with E-state index >= 15 is 0 Å². The second-order valence-corrected chi connectivity index (χ2v) is 6.51. The number of imidazole rings is 1. The van der Waals surface area contributed by atoms with Gasteiger partial charge in [-0.2, -0.15) is 12.6 Å². The van der Waals surface area contributed by atoms with Gasteiger partial charge < -0.3 is 15.6 Å². The number of alkyl halides is 2. The maximum atomic E-state index is 12.3. The molecule has 4 N–H and O–H groups in total. The van der Waals surface area contributed by atoms with Gasteiger partial charge in [-0.3, -0.25) is 5.41 Å². The van der Waals surface area contributed by atoms with Gasteiger partial charge in [-0.15, -0.1) is 0 Å². The van der Waals surface area contributed by atoms with Crippen LogP contribution in [0.15, 0.2) is 24.7 Å². The number of rotatable bonds is 5. The van der Waals surface area contributed by atoms with Crippen molar-refractivity contribution in [1.82, 2.24) is 19.9 Å². The van der Waals surface area contributed by atoms with Gasteiger partial charge in [-0.25, -0.2) is 23.7 Å². The van der Waals surface area contributed by atoms with E-state index in [-0.39, 0.29) is 0 Å². The quantitative estimate of drug-likeness (QED) is 0.460. The van der Waals surface area contributed by atoms with Crippen LogP contribution in [-0.2, 0) is 0 Å². The van der Waals surface area contributed by atoms with E-state index in [0.29, 0.717) is 22.5 Å². The Labute approximate surface area is 162 Å². The van der Waals surface area contributed by atoms with E-state index in [9.17, 15) is 8.78 Å². The van der Waals surface area contributed by atoms with Crippen molar-refractivity contribution in [2.75, 3.05) is 25.0 Å². The number of hydrogen-bond donors (Lipinski definition) is 4. The van der Waals surface area contributed by atoms with E-state index in [1.54, 1.807) is 6.20 Å². The zero-order chi connectivity index (χ0) is 19.8. The second-order valence-electron chi connectivity index (χ2n) is 5.77. The van der Waals surface area contributed by atoms with Crippen LogP contribution in [0.1, 0.15) is 18.7 Å². The number of anilines is 1. The predicted octanol–water partition coefficient (Wildman–Crippen LogP) is 2.64. The van der Waals surface area contributed by atoms with Crippen molar-refractivity contribution >= 4 is 30.2 Å². The highest BCUT2D eigenvalue weighted by Crippen LogP contribution is 2.23. The molecule has 0 aliphatic carbocycles.